The summed E-state index contributed by atoms with van der Waals surface area (Å²) in [5.41, 5.74) is 2.38. The van der Waals surface area contributed by atoms with E-state index < -0.39 is 0 Å². The van der Waals surface area contributed by atoms with Crippen LogP contribution in [0.25, 0.3) is 0 Å². The van der Waals surface area contributed by atoms with Crippen molar-refractivity contribution in [3.05, 3.63) is 41.7 Å². The summed E-state index contributed by atoms with van der Waals surface area (Å²) in [6.07, 6.45) is 3.94. The Morgan fingerprint density at radius 2 is 2.06 bits per heavy atom. The van der Waals surface area contributed by atoms with Gasteiger partial charge in [-0.05, 0) is 42.2 Å². The van der Waals surface area contributed by atoms with Crippen molar-refractivity contribution in [3.8, 4) is 0 Å². The first-order valence-corrected chi connectivity index (χ1v) is 7.35. The first kappa shape index (κ1) is 13.1. The van der Waals surface area contributed by atoms with Crippen molar-refractivity contribution >= 4 is 11.8 Å². The number of nitrogens with zero attached hydrogens (tertiary/aromatic N) is 2. The summed E-state index contributed by atoms with van der Waals surface area (Å²) in [6, 6.07) is 8.88. The number of aromatic amines is 1. The first-order valence-electron chi connectivity index (χ1n) is 6.37. The zero-order chi connectivity index (χ0) is 12.8. The summed E-state index contributed by atoms with van der Waals surface area (Å²) >= 11 is 1.92. The molecule has 1 aromatic heterocycles. The van der Waals surface area contributed by atoms with Crippen LogP contribution >= 0.6 is 11.8 Å². The van der Waals surface area contributed by atoms with E-state index in [4.69, 9.17) is 0 Å². The maximum Gasteiger partial charge on any atom is 0.0830 e. The van der Waals surface area contributed by atoms with Gasteiger partial charge in [-0.25, -0.2) is 0 Å². The molecule has 0 aliphatic carbocycles. The molecule has 1 heterocycles. The maximum absolute atomic E-state index is 4.10. The second-order valence-electron chi connectivity index (χ2n) is 4.48. The second kappa shape index (κ2) is 6.59. The number of H-pyrrole nitrogens is 1. The van der Waals surface area contributed by atoms with Crippen LogP contribution in [-0.2, 0) is 6.42 Å². The van der Waals surface area contributed by atoms with Gasteiger partial charge in [0.25, 0.3) is 0 Å². The number of thioether (sulfide) groups is 1. The van der Waals surface area contributed by atoms with Gasteiger partial charge in [-0.1, -0.05) is 26.0 Å². The lowest BCUT2D eigenvalue weighted by atomic mass is 9.97. The second-order valence-corrected chi connectivity index (χ2v) is 5.65. The van der Waals surface area contributed by atoms with Gasteiger partial charge < -0.3 is 0 Å². The van der Waals surface area contributed by atoms with Gasteiger partial charge in [-0.2, -0.15) is 15.4 Å². The Hall–Kier alpha value is -1.29. The van der Waals surface area contributed by atoms with Crippen LogP contribution in [0.2, 0.25) is 0 Å². The molecule has 1 atom stereocenters. The van der Waals surface area contributed by atoms with Gasteiger partial charge in [0.1, 0.15) is 0 Å². The molecule has 3 nitrogen and oxygen atoms in total. The van der Waals surface area contributed by atoms with E-state index in [-0.39, 0.29) is 0 Å². The first-order chi connectivity index (χ1) is 8.79. The molecule has 2 aromatic rings. The van der Waals surface area contributed by atoms with Crippen LogP contribution < -0.4 is 0 Å². The molecule has 1 aromatic carbocycles. The van der Waals surface area contributed by atoms with E-state index in [2.05, 4.69) is 53.5 Å². The number of nitrogens with one attached hydrogen (secondary N) is 1. The Balaban J connectivity index is 1.96. The van der Waals surface area contributed by atoms with Gasteiger partial charge in [0.05, 0.1) is 11.9 Å². The number of aromatic nitrogens is 3. The molecule has 0 saturated carbocycles. The summed E-state index contributed by atoms with van der Waals surface area (Å²) in [7, 11) is 0. The molecule has 0 amide bonds. The number of hydrogen-bond acceptors (Lipinski definition) is 3. The van der Waals surface area contributed by atoms with E-state index in [9.17, 15) is 0 Å². The molecule has 1 unspecified atom stereocenters. The third kappa shape index (κ3) is 3.60. The van der Waals surface area contributed by atoms with E-state index in [0.29, 0.717) is 5.92 Å². The molecule has 0 radical (unpaired) electrons. The standard InChI is InChI=1S/C14H19N3S/c1-3-8-18-14-6-4-12(5-7-14)11(2)9-13-10-15-17-16-13/h4-7,10-11H,3,8-9H2,1-2H3,(H,15,16,17). The molecular formula is C14H19N3S. The van der Waals surface area contributed by atoms with Crippen molar-refractivity contribution in [2.45, 2.75) is 37.5 Å². The topological polar surface area (TPSA) is 41.6 Å². The van der Waals surface area contributed by atoms with Crippen molar-refractivity contribution in [1.82, 2.24) is 15.4 Å². The number of benzene rings is 1. The fraction of sp³-hybridized carbons (Fsp3) is 0.429. The zero-order valence-electron chi connectivity index (χ0n) is 10.9. The predicted molar refractivity (Wildman–Crippen MR) is 76.0 cm³/mol. The highest BCUT2D eigenvalue weighted by atomic mass is 32.2. The minimum Gasteiger partial charge on any atom is -0.198 e. The maximum atomic E-state index is 4.10. The molecule has 0 bridgehead atoms. The smallest absolute Gasteiger partial charge is 0.0830 e. The highest BCUT2D eigenvalue weighted by Gasteiger charge is 2.08. The molecule has 4 heteroatoms. The minimum atomic E-state index is 0.473. The van der Waals surface area contributed by atoms with Gasteiger partial charge in [-0.15, -0.1) is 11.8 Å². The zero-order valence-corrected chi connectivity index (χ0v) is 11.7. The lowest BCUT2D eigenvalue weighted by Gasteiger charge is -2.10. The number of rotatable bonds is 6. The molecular weight excluding hydrogens is 242 g/mol. The summed E-state index contributed by atoms with van der Waals surface area (Å²) in [6.45, 7) is 4.43. The van der Waals surface area contributed by atoms with Crippen LogP contribution in [0, 0.1) is 0 Å². The SMILES string of the molecule is CCCSc1ccc(C(C)Cc2cn[nH]n2)cc1. The molecule has 0 saturated heterocycles. The Bertz CT molecular complexity index is 450. The van der Waals surface area contributed by atoms with Gasteiger partial charge in [0, 0.05) is 4.90 Å². The molecule has 0 aliphatic heterocycles. The van der Waals surface area contributed by atoms with E-state index >= 15 is 0 Å². The van der Waals surface area contributed by atoms with Crippen molar-refractivity contribution < 1.29 is 0 Å². The molecule has 0 fully saturated rings. The summed E-state index contributed by atoms with van der Waals surface area (Å²) < 4.78 is 0. The van der Waals surface area contributed by atoms with Gasteiger partial charge >= 0.3 is 0 Å². The molecule has 96 valence electrons. The molecule has 0 spiro atoms. The highest BCUT2D eigenvalue weighted by molar-refractivity contribution is 7.99. The van der Waals surface area contributed by atoms with Gasteiger partial charge in [-0.3, -0.25) is 0 Å². The Kier molecular flexibility index (Phi) is 4.81. The van der Waals surface area contributed by atoms with Crippen LogP contribution in [0.15, 0.2) is 35.4 Å². The van der Waals surface area contributed by atoms with E-state index in [0.717, 1.165) is 12.1 Å². The average molecular weight is 261 g/mol. The quantitative estimate of drug-likeness (QED) is 0.807. The largest absolute Gasteiger partial charge is 0.198 e. The lowest BCUT2D eigenvalue weighted by Crippen LogP contribution is -1.98. The van der Waals surface area contributed by atoms with Crippen molar-refractivity contribution in [2.24, 2.45) is 0 Å². The van der Waals surface area contributed by atoms with E-state index in [1.54, 1.807) is 6.20 Å². The summed E-state index contributed by atoms with van der Waals surface area (Å²) in [4.78, 5) is 1.36. The van der Waals surface area contributed by atoms with E-state index in [1.165, 1.54) is 22.6 Å². The van der Waals surface area contributed by atoms with Crippen molar-refractivity contribution in [3.63, 3.8) is 0 Å². The highest BCUT2D eigenvalue weighted by Crippen LogP contribution is 2.24. The lowest BCUT2D eigenvalue weighted by molar-refractivity contribution is 0.735. The average Bonchev–Trinajstić information content (AvgIpc) is 2.89. The van der Waals surface area contributed by atoms with Crippen LogP contribution in [-0.4, -0.2) is 21.2 Å². The Morgan fingerprint density at radius 1 is 1.28 bits per heavy atom. The molecule has 1 N–H and O–H groups in total. The van der Waals surface area contributed by atoms with Crippen molar-refractivity contribution in [1.29, 1.82) is 0 Å². The monoisotopic (exact) mass is 261 g/mol. The third-order valence-electron chi connectivity index (χ3n) is 2.90. The molecule has 0 aliphatic rings. The summed E-state index contributed by atoms with van der Waals surface area (Å²) in [5.74, 6) is 1.66. The van der Waals surface area contributed by atoms with Crippen LogP contribution in [0.4, 0.5) is 0 Å². The fourth-order valence-corrected chi connectivity index (χ4v) is 2.64. The van der Waals surface area contributed by atoms with Crippen LogP contribution in [0.5, 0.6) is 0 Å². The van der Waals surface area contributed by atoms with E-state index in [1.807, 2.05) is 11.8 Å². The normalized spacial score (nSPS) is 12.6. The Labute approximate surface area is 112 Å². The van der Waals surface area contributed by atoms with Crippen molar-refractivity contribution in [2.75, 3.05) is 5.75 Å². The fourth-order valence-electron chi connectivity index (χ4n) is 1.87. The minimum absolute atomic E-state index is 0.473. The molecule has 2 rings (SSSR count). The Morgan fingerprint density at radius 3 is 2.67 bits per heavy atom. The molecule has 18 heavy (non-hydrogen) atoms. The van der Waals surface area contributed by atoms with Gasteiger partial charge in [0.15, 0.2) is 0 Å². The van der Waals surface area contributed by atoms with Gasteiger partial charge in [0.2, 0.25) is 0 Å². The predicted octanol–water partition coefficient (Wildman–Crippen LogP) is 3.65. The third-order valence-corrected chi connectivity index (χ3v) is 4.12. The van der Waals surface area contributed by atoms with Crippen LogP contribution in [0.3, 0.4) is 0 Å². The summed E-state index contributed by atoms with van der Waals surface area (Å²) in [5, 5.41) is 10.6. The number of hydrogen-bond donors (Lipinski definition) is 1. The van der Waals surface area contributed by atoms with Crippen LogP contribution in [0.1, 0.15) is 37.4 Å².